The highest BCUT2D eigenvalue weighted by Gasteiger charge is 2.17. The van der Waals surface area contributed by atoms with Crippen molar-refractivity contribution in [2.75, 3.05) is 6.61 Å². The SMILES string of the molecule is [B][C@@H]1OCCC1C. The lowest BCUT2D eigenvalue weighted by Gasteiger charge is -2.04. The third-order valence-corrected chi connectivity index (χ3v) is 1.44. The summed E-state index contributed by atoms with van der Waals surface area (Å²) in [5.41, 5.74) is 0. The van der Waals surface area contributed by atoms with Crippen molar-refractivity contribution in [1.82, 2.24) is 0 Å². The smallest absolute Gasteiger partial charge is 0.109 e. The molecule has 0 aromatic heterocycles. The maximum atomic E-state index is 5.46. The first-order chi connectivity index (χ1) is 3.30. The largest absolute Gasteiger partial charge is 0.388 e. The van der Waals surface area contributed by atoms with Crippen LogP contribution in [-0.2, 0) is 4.74 Å². The molecule has 7 heavy (non-hydrogen) atoms. The fourth-order valence-electron chi connectivity index (χ4n) is 0.719. The van der Waals surface area contributed by atoms with Crippen molar-refractivity contribution in [3.8, 4) is 0 Å². The normalized spacial score (nSPS) is 41.9. The van der Waals surface area contributed by atoms with Crippen molar-refractivity contribution < 1.29 is 4.74 Å². The van der Waals surface area contributed by atoms with Crippen molar-refractivity contribution in [2.24, 2.45) is 5.92 Å². The van der Waals surface area contributed by atoms with E-state index in [0.29, 0.717) is 5.92 Å². The molecule has 0 N–H and O–H groups in total. The second kappa shape index (κ2) is 1.87. The van der Waals surface area contributed by atoms with Gasteiger partial charge in [0.25, 0.3) is 0 Å². The summed E-state index contributed by atoms with van der Waals surface area (Å²) in [4.78, 5) is 0. The van der Waals surface area contributed by atoms with Gasteiger partial charge in [-0.1, -0.05) is 6.92 Å². The third-order valence-electron chi connectivity index (χ3n) is 1.44. The molecule has 0 spiro atoms. The van der Waals surface area contributed by atoms with E-state index >= 15 is 0 Å². The summed E-state index contributed by atoms with van der Waals surface area (Å²) in [6.07, 6.45) is 1.13. The van der Waals surface area contributed by atoms with E-state index < -0.39 is 0 Å². The van der Waals surface area contributed by atoms with Crippen molar-refractivity contribution in [3.63, 3.8) is 0 Å². The second-order valence-corrected chi connectivity index (χ2v) is 2.10. The Morgan fingerprint density at radius 3 is 2.57 bits per heavy atom. The minimum atomic E-state index is 0.0139. The molecule has 0 amide bonds. The van der Waals surface area contributed by atoms with Crippen molar-refractivity contribution in [3.05, 3.63) is 0 Å². The first-order valence-electron chi connectivity index (χ1n) is 2.68. The molecule has 2 heteroatoms. The summed E-state index contributed by atoms with van der Waals surface area (Å²) in [6, 6.07) is 0.0139. The molecule has 2 radical (unpaired) electrons. The molecule has 1 aliphatic rings. The van der Waals surface area contributed by atoms with Crippen LogP contribution in [0.25, 0.3) is 0 Å². The quantitative estimate of drug-likeness (QED) is 0.400. The minimum Gasteiger partial charge on any atom is -0.388 e. The summed E-state index contributed by atoms with van der Waals surface area (Å²) in [5.74, 6) is 0.569. The van der Waals surface area contributed by atoms with Gasteiger partial charge in [0.05, 0.1) is 0 Å². The average molecular weight is 95.9 g/mol. The van der Waals surface area contributed by atoms with Gasteiger partial charge in [-0.05, 0) is 12.3 Å². The molecule has 1 unspecified atom stereocenters. The molecule has 0 aromatic carbocycles. The Morgan fingerprint density at radius 1 is 1.71 bits per heavy atom. The van der Waals surface area contributed by atoms with E-state index in [2.05, 4.69) is 6.92 Å². The zero-order chi connectivity index (χ0) is 5.28. The van der Waals surface area contributed by atoms with Crippen LogP contribution in [0.2, 0.25) is 0 Å². The summed E-state index contributed by atoms with van der Waals surface area (Å²) >= 11 is 0. The van der Waals surface area contributed by atoms with E-state index in [9.17, 15) is 0 Å². The molecule has 1 fully saturated rings. The summed E-state index contributed by atoms with van der Waals surface area (Å²) in [5, 5.41) is 0. The number of ether oxygens (including phenoxy) is 1. The molecule has 1 rings (SSSR count). The number of hydrogen-bond donors (Lipinski definition) is 0. The topological polar surface area (TPSA) is 9.23 Å². The zero-order valence-corrected chi connectivity index (χ0v) is 4.55. The Hall–Kier alpha value is 0.0249. The Morgan fingerprint density at radius 2 is 2.43 bits per heavy atom. The van der Waals surface area contributed by atoms with Gasteiger partial charge < -0.3 is 4.74 Å². The van der Waals surface area contributed by atoms with Crippen molar-refractivity contribution >= 4 is 7.85 Å². The van der Waals surface area contributed by atoms with E-state index in [1.54, 1.807) is 0 Å². The van der Waals surface area contributed by atoms with Crippen LogP contribution in [0.1, 0.15) is 13.3 Å². The molecular weight excluding hydrogens is 86.9 g/mol. The average Bonchev–Trinajstić information content (AvgIpc) is 1.91. The predicted octanol–water partition coefficient (Wildman–Crippen LogP) is 0.537. The van der Waals surface area contributed by atoms with Crippen molar-refractivity contribution in [2.45, 2.75) is 19.3 Å². The van der Waals surface area contributed by atoms with Crippen molar-refractivity contribution in [1.29, 1.82) is 0 Å². The molecule has 0 aromatic rings. The summed E-state index contributed by atoms with van der Waals surface area (Å²) in [7, 11) is 5.46. The Balaban J connectivity index is 2.33. The highest BCUT2D eigenvalue weighted by atomic mass is 16.5. The molecule has 0 aliphatic carbocycles. The zero-order valence-electron chi connectivity index (χ0n) is 4.55. The van der Waals surface area contributed by atoms with Crippen LogP contribution in [0.5, 0.6) is 0 Å². The Kier molecular flexibility index (Phi) is 1.38. The van der Waals surface area contributed by atoms with Gasteiger partial charge in [0.15, 0.2) is 0 Å². The lowest BCUT2D eigenvalue weighted by Crippen LogP contribution is -2.11. The van der Waals surface area contributed by atoms with Crippen LogP contribution in [-0.4, -0.2) is 20.5 Å². The van der Waals surface area contributed by atoms with Crippen LogP contribution in [0.4, 0.5) is 0 Å². The minimum absolute atomic E-state index is 0.0139. The number of rotatable bonds is 0. The van der Waals surface area contributed by atoms with Crippen LogP contribution < -0.4 is 0 Å². The summed E-state index contributed by atoms with van der Waals surface area (Å²) in [6.45, 7) is 2.96. The van der Waals surface area contributed by atoms with Gasteiger partial charge >= 0.3 is 0 Å². The standard InChI is InChI=1S/C5H9BO/c1-4-2-3-7-5(4)6/h4-5H,2-3H2,1H3/t4?,5-/m1/s1. The summed E-state index contributed by atoms with van der Waals surface area (Å²) < 4.78 is 5.04. The van der Waals surface area contributed by atoms with Crippen LogP contribution in [0, 0.1) is 5.92 Å². The maximum Gasteiger partial charge on any atom is 0.109 e. The van der Waals surface area contributed by atoms with Crippen LogP contribution in [0.15, 0.2) is 0 Å². The molecule has 1 heterocycles. The maximum absolute atomic E-state index is 5.46. The molecular formula is C5H9BO. The molecule has 0 saturated carbocycles. The lowest BCUT2D eigenvalue weighted by molar-refractivity contribution is 0.155. The van der Waals surface area contributed by atoms with Gasteiger partial charge in [0, 0.05) is 12.6 Å². The van der Waals surface area contributed by atoms with Gasteiger partial charge in [-0.25, -0.2) is 0 Å². The van der Waals surface area contributed by atoms with Gasteiger partial charge in [-0.3, -0.25) is 0 Å². The van der Waals surface area contributed by atoms with E-state index in [4.69, 9.17) is 12.6 Å². The Bertz CT molecular complexity index is 57.1. The monoisotopic (exact) mass is 96.1 g/mol. The van der Waals surface area contributed by atoms with E-state index in [-0.39, 0.29) is 6.00 Å². The molecule has 1 saturated heterocycles. The van der Waals surface area contributed by atoms with Crippen LogP contribution in [0.3, 0.4) is 0 Å². The van der Waals surface area contributed by atoms with Gasteiger partial charge in [0.1, 0.15) is 7.85 Å². The van der Waals surface area contributed by atoms with E-state index in [1.165, 1.54) is 0 Å². The highest BCUT2D eigenvalue weighted by molar-refractivity contribution is 6.11. The molecule has 1 nitrogen and oxygen atoms in total. The first-order valence-corrected chi connectivity index (χ1v) is 2.68. The Labute approximate surface area is 45.5 Å². The number of hydrogen-bond acceptors (Lipinski definition) is 1. The van der Waals surface area contributed by atoms with E-state index in [0.717, 1.165) is 13.0 Å². The van der Waals surface area contributed by atoms with Gasteiger partial charge in [-0.15, -0.1) is 0 Å². The molecule has 2 atom stereocenters. The van der Waals surface area contributed by atoms with Crippen LogP contribution >= 0.6 is 0 Å². The molecule has 38 valence electrons. The van der Waals surface area contributed by atoms with Gasteiger partial charge in [0.2, 0.25) is 0 Å². The first kappa shape index (κ1) is 5.17. The molecule has 0 bridgehead atoms. The third kappa shape index (κ3) is 0.971. The lowest BCUT2D eigenvalue weighted by atomic mass is 9.89. The van der Waals surface area contributed by atoms with E-state index in [1.807, 2.05) is 0 Å². The fourth-order valence-corrected chi connectivity index (χ4v) is 0.719. The predicted molar refractivity (Wildman–Crippen MR) is 29.3 cm³/mol. The molecule has 1 aliphatic heterocycles. The highest BCUT2D eigenvalue weighted by Crippen LogP contribution is 2.16. The second-order valence-electron chi connectivity index (χ2n) is 2.10. The fraction of sp³-hybridized carbons (Fsp3) is 1.00. The van der Waals surface area contributed by atoms with Gasteiger partial charge in [-0.2, -0.15) is 0 Å².